The Balaban J connectivity index is 1.47. The highest BCUT2D eigenvalue weighted by molar-refractivity contribution is 6.11. The molecule has 6 rings (SSSR count). The molecular formula is C23H13F5N2O4. The number of anilines is 1. The SMILES string of the molecule is O=C1N(Cc2ncccc2C(F)(F)F)c2ccccc2C12COc1cc3c(cc12)OC(F)(F)O3. The topological polar surface area (TPSA) is 60.9 Å². The summed E-state index contributed by atoms with van der Waals surface area (Å²) in [5.41, 5.74) is -1.59. The van der Waals surface area contributed by atoms with E-state index < -0.39 is 35.9 Å². The monoisotopic (exact) mass is 476 g/mol. The fourth-order valence-electron chi connectivity index (χ4n) is 4.75. The van der Waals surface area contributed by atoms with Gasteiger partial charge in [0.1, 0.15) is 17.8 Å². The van der Waals surface area contributed by atoms with Gasteiger partial charge in [-0.3, -0.25) is 9.78 Å². The molecule has 2 aromatic carbocycles. The van der Waals surface area contributed by atoms with Crippen LogP contribution >= 0.6 is 0 Å². The van der Waals surface area contributed by atoms with Crippen LogP contribution in [0.5, 0.6) is 17.2 Å². The predicted octanol–water partition coefficient (Wildman–Crippen LogP) is 4.65. The van der Waals surface area contributed by atoms with Gasteiger partial charge >= 0.3 is 12.5 Å². The molecular weight excluding hydrogens is 463 g/mol. The average molecular weight is 476 g/mol. The highest BCUT2D eigenvalue weighted by Crippen LogP contribution is 2.56. The zero-order chi connectivity index (χ0) is 23.9. The number of aromatic nitrogens is 1. The fourth-order valence-corrected chi connectivity index (χ4v) is 4.75. The molecule has 3 aliphatic rings. The quantitative estimate of drug-likeness (QED) is 0.504. The first-order chi connectivity index (χ1) is 16.1. The second-order valence-corrected chi connectivity index (χ2v) is 8.06. The summed E-state index contributed by atoms with van der Waals surface area (Å²) in [5, 5.41) is 0. The summed E-state index contributed by atoms with van der Waals surface area (Å²) >= 11 is 0. The van der Waals surface area contributed by atoms with E-state index in [9.17, 15) is 26.7 Å². The minimum absolute atomic E-state index is 0.152. The molecule has 11 heteroatoms. The van der Waals surface area contributed by atoms with Gasteiger partial charge in [0.2, 0.25) is 5.91 Å². The number of amides is 1. The lowest BCUT2D eigenvalue weighted by atomic mass is 9.77. The Labute approximate surface area is 188 Å². The predicted molar refractivity (Wildman–Crippen MR) is 106 cm³/mol. The van der Waals surface area contributed by atoms with Crippen LogP contribution in [-0.4, -0.2) is 23.8 Å². The van der Waals surface area contributed by atoms with Crippen LogP contribution in [0.25, 0.3) is 0 Å². The summed E-state index contributed by atoms with van der Waals surface area (Å²) in [7, 11) is 0. The van der Waals surface area contributed by atoms with E-state index in [-0.39, 0.29) is 35.1 Å². The molecule has 1 aromatic heterocycles. The number of ether oxygens (including phenoxy) is 3. The summed E-state index contributed by atoms with van der Waals surface area (Å²) in [6, 6.07) is 11.2. The van der Waals surface area contributed by atoms with Crippen molar-refractivity contribution in [3.05, 3.63) is 77.1 Å². The van der Waals surface area contributed by atoms with E-state index in [0.717, 1.165) is 6.07 Å². The van der Waals surface area contributed by atoms with Crippen molar-refractivity contribution < 1.29 is 41.0 Å². The largest absolute Gasteiger partial charge is 0.586 e. The van der Waals surface area contributed by atoms with Gasteiger partial charge in [0.05, 0.1) is 17.8 Å². The van der Waals surface area contributed by atoms with Crippen LogP contribution in [0.2, 0.25) is 0 Å². The molecule has 6 nitrogen and oxygen atoms in total. The van der Waals surface area contributed by atoms with Crippen LogP contribution in [-0.2, 0) is 22.9 Å². The summed E-state index contributed by atoms with van der Waals surface area (Å²) in [6.45, 7) is -0.604. The van der Waals surface area contributed by atoms with Crippen LogP contribution < -0.4 is 19.1 Å². The molecule has 174 valence electrons. The van der Waals surface area contributed by atoms with E-state index in [0.29, 0.717) is 11.3 Å². The normalized spacial score (nSPS) is 21.6. The Morgan fingerprint density at radius 2 is 1.71 bits per heavy atom. The van der Waals surface area contributed by atoms with E-state index in [1.165, 1.54) is 29.3 Å². The van der Waals surface area contributed by atoms with Gasteiger partial charge in [0.15, 0.2) is 11.5 Å². The number of benzene rings is 2. The molecule has 0 aliphatic carbocycles. The second kappa shape index (κ2) is 6.58. The second-order valence-electron chi connectivity index (χ2n) is 8.06. The number of carbonyl (C=O) groups is 1. The third kappa shape index (κ3) is 2.79. The molecule has 1 amide bonds. The van der Waals surface area contributed by atoms with Crippen molar-refractivity contribution in [2.45, 2.75) is 24.4 Å². The van der Waals surface area contributed by atoms with E-state index in [4.69, 9.17) is 4.74 Å². The first-order valence-corrected chi connectivity index (χ1v) is 10.1. The highest BCUT2D eigenvalue weighted by atomic mass is 19.4. The molecule has 0 saturated carbocycles. The fraction of sp³-hybridized carbons (Fsp3) is 0.217. The number of pyridine rings is 1. The first kappa shape index (κ1) is 20.7. The van der Waals surface area contributed by atoms with Crippen molar-refractivity contribution in [2.75, 3.05) is 11.5 Å². The number of rotatable bonds is 2. The van der Waals surface area contributed by atoms with Crippen LogP contribution in [0.4, 0.5) is 27.6 Å². The molecule has 34 heavy (non-hydrogen) atoms. The Bertz CT molecular complexity index is 1360. The van der Waals surface area contributed by atoms with Crippen molar-refractivity contribution in [1.82, 2.24) is 4.98 Å². The Hall–Kier alpha value is -3.89. The smallest absolute Gasteiger partial charge is 0.491 e. The number of hydrogen-bond acceptors (Lipinski definition) is 5. The molecule has 0 N–H and O–H groups in total. The lowest BCUT2D eigenvalue weighted by molar-refractivity contribution is -0.286. The number of hydrogen-bond donors (Lipinski definition) is 0. The Morgan fingerprint density at radius 3 is 2.47 bits per heavy atom. The molecule has 3 aromatic rings. The van der Waals surface area contributed by atoms with Crippen LogP contribution in [0.3, 0.4) is 0 Å². The molecule has 3 aliphatic heterocycles. The zero-order valence-electron chi connectivity index (χ0n) is 17.0. The van der Waals surface area contributed by atoms with E-state index in [1.807, 2.05) is 0 Å². The molecule has 4 heterocycles. The van der Waals surface area contributed by atoms with Crippen molar-refractivity contribution in [3.63, 3.8) is 0 Å². The number of halogens is 5. The molecule has 1 spiro atoms. The van der Waals surface area contributed by atoms with Crippen LogP contribution in [0.15, 0.2) is 54.7 Å². The summed E-state index contributed by atoms with van der Waals surface area (Å²) in [6.07, 6.45) is -7.29. The molecule has 1 atom stereocenters. The Kier molecular flexibility index (Phi) is 4.01. The minimum atomic E-state index is -4.66. The number of carbonyl (C=O) groups excluding carboxylic acids is 1. The van der Waals surface area contributed by atoms with Crippen molar-refractivity contribution in [2.24, 2.45) is 0 Å². The molecule has 0 bridgehead atoms. The lowest BCUT2D eigenvalue weighted by Gasteiger charge is -2.23. The maximum absolute atomic E-state index is 13.9. The standard InChI is InChI=1S/C23H13F5N2O4/c24-22(25,26)12-5-3-7-29-15(12)10-30-16-6-2-1-4-13(16)21(20(30)31)11-32-17-9-19-18(8-14(17)21)33-23(27,28)34-19/h1-9H,10-11H2. The number of alkyl halides is 5. The van der Waals surface area contributed by atoms with Gasteiger partial charge in [-0.1, -0.05) is 18.2 Å². The number of fused-ring (bicyclic) bond motifs is 5. The van der Waals surface area contributed by atoms with Gasteiger partial charge in [-0.15, -0.1) is 8.78 Å². The van der Waals surface area contributed by atoms with Crippen molar-refractivity contribution in [1.29, 1.82) is 0 Å². The zero-order valence-corrected chi connectivity index (χ0v) is 17.0. The average Bonchev–Trinajstić information content (AvgIpc) is 3.37. The van der Waals surface area contributed by atoms with E-state index in [1.54, 1.807) is 24.3 Å². The molecule has 0 saturated heterocycles. The third-order valence-corrected chi connectivity index (χ3v) is 6.18. The first-order valence-electron chi connectivity index (χ1n) is 10.1. The molecule has 0 radical (unpaired) electrons. The number of para-hydroxylation sites is 1. The Morgan fingerprint density at radius 1 is 0.971 bits per heavy atom. The molecule has 1 unspecified atom stereocenters. The lowest BCUT2D eigenvalue weighted by Crippen LogP contribution is -2.42. The minimum Gasteiger partial charge on any atom is -0.491 e. The van der Waals surface area contributed by atoms with Gasteiger partial charge in [-0.25, -0.2) is 0 Å². The molecule has 0 fully saturated rings. The van der Waals surface area contributed by atoms with Gasteiger partial charge in [0.25, 0.3) is 0 Å². The van der Waals surface area contributed by atoms with Gasteiger partial charge in [0, 0.05) is 23.5 Å². The summed E-state index contributed by atoms with van der Waals surface area (Å²) in [4.78, 5) is 18.9. The maximum atomic E-state index is 13.9. The van der Waals surface area contributed by atoms with Crippen molar-refractivity contribution >= 4 is 11.6 Å². The highest BCUT2D eigenvalue weighted by Gasteiger charge is 2.58. The van der Waals surface area contributed by atoms with Crippen LogP contribution in [0, 0.1) is 0 Å². The van der Waals surface area contributed by atoms with Gasteiger partial charge in [-0.2, -0.15) is 13.2 Å². The third-order valence-electron chi connectivity index (χ3n) is 6.18. The van der Waals surface area contributed by atoms with Crippen LogP contribution in [0.1, 0.15) is 22.4 Å². The maximum Gasteiger partial charge on any atom is 0.586 e. The number of nitrogens with zero attached hydrogens (tertiary/aromatic N) is 2. The van der Waals surface area contributed by atoms with E-state index in [2.05, 4.69) is 14.5 Å². The van der Waals surface area contributed by atoms with E-state index >= 15 is 0 Å². The summed E-state index contributed by atoms with van der Waals surface area (Å²) in [5.74, 6) is -0.906. The van der Waals surface area contributed by atoms with Gasteiger partial charge < -0.3 is 19.1 Å². The summed E-state index contributed by atoms with van der Waals surface area (Å²) < 4.78 is 82.5. The van der Waals surface area contributed by atoms with Gasteiger partial charge in [-0.05, 0) is 29.8 Å². The van der Waals surface area contributed by atoms with Crippen molar-refractivity contribution in [3.8, 4) is 17.2 Å².